The number of carbonyl (C=O) groups excluding carboxylic acids is 1. The van der Waals surface area contributed by atoms with Gasteiger partial charge in [0.1, 0.15) is 0 Å². The van der Waals surface area contributed by atoms with Crippen molar-refractivity contribution in [2.24, 2.45) is 7.05 Å². The first-order chi connectivity index (χ1) is 14.0. The maximum Gasteiger partial charge on any atom is 0.416 e. The standard InChI is InChI=1S/C20H22F3N5O2/c1-11-8-12(2)24-18-17(11)19(26-28(18)5)30-10-16(29)25-14-9-13(20(21,22)23)6-7-15(14)27(3)4/h6-9H,10H2,1-5H3,(H,25,29). The molecule has 0 saturated carbocycles. The van der Waals surface area contributed by atoms with E-state index in [1.54, 1.807) is 30.7 Å². The third-order valence-corrected chi connectivity index (χ3v) is 4.51. The Morgan fingerprint density at radius 3 is 2.57 bits per heavy atom. The van der Waals surface area contributed by atoms with Crippen molar-refractivity contribution in [1.29, 1.82) is 0 Å². The fourth-order valence-corrected chi connectivity index (χ4v) is 3.17. The highest BCUT2D eigenvalue weighted by Crippen LogP contribution is 2.35. The maximum absolute atomic E-state index is 13.1. The molecule has 7 nitrogen and oxygen atoms in total. The highest BCUT2D eigenvalue weighted by molar-refractivity contribution is 5.95. The number of rotatable bonds is 5. The van der Waals surface area contributed by atoms with Crippen LogP contribution in [0.1, 0.15) is 16.8 Å². The van der Waals surface area contributed by atoms with Gasteiger partial charge < -0.3 is 15.0 Å². The number of alkyl halides is 3. The summed E-state index contributed by atoms with van der Waals surface area (Å²) in [7, 11) is 5.06. The van der Waals surface area contributed by atoms with Crippen molar-refractivity contribution in [3.63, 3.8) is 0 Å². The van der Waals surface area contributed by atoms with Gasteiger partial charge in [-0.15, -0.1) is 5.10 Å². The Hall–Kier alpha value is -3.30. The molecule has 3 aromatic rings. The first kappa shape index (κ1) is 21.4. The van der Waals surface area contributed by atoms with Crippen LogP contribution in [0.15, 0.2) is 24.3 Å². The first-order valence-electron chi connectivity index (χ1n) is 9.09. The molecule has 0 aliphatic carbocycles. The lowest BCUT2D eigenvalue weighted by molar-refractivity contribution is -0.137. The van der Waals surface area contributed by atoms with Crippen LogP contribution >= 0.6 is 0 Å². The van der Waals surface area contributed by atoms with E-state index in [1.807, 2.05) is 19.9 Å². The van der Waals surface area contributed by atoms with Crippen LogP contribution in [0.25, 0.3) is 11.0 Å². The Morgan fingerprint density at radius 1 is 1.23 bits per heavy atom. The molecule has 2 heterocycles. The second-order valence-corrected chi connectivity index (χ2v) is 7.17. The minimum absolute atomic E-state index is 0.0442. The van der Waals surface area contributed by atoms with Crippen molar-refractivity contribution in [3.8, 4) is 5.88 Å². The summed E-state index contributed by atoms with van der Waals surface area (Å²) in [6, 6.07) is 5.06. The molecule has 10 heteroatoms. The monoisotopic (exact) mass is 421 g/mol. The number of aryl methyl sites for hydroxylation is 3. The lowest BCUT2D eigenvalue weighted by Gasteiger charge is -2.19. The number of hydrogen-bond donors (Lipinski definition) is 1. The number of benzene rings is 1. The van der Waals surface area contributed by atoms with E-state index in [0.29, 0.717) is 16.7 Å². The Morgan fingerprint density at radius 2 is 1.93 bits per heavy atom. The third-order valence-electron chi connectivity index (χ3n) is 4.51. The quantitative estimate of drug-likeness (QED) is 0.680. The number of nitrogens with one attached hydrogen (secondary N) is 1. The summed E-state index contributed by atoms with van der Waals surface area (Å²) in [4.78, 5) is 18.5. The summed E-state index contributed by atoms with van der Waals surface area (Å²) in [5, 5.41) is 7.44. The fraction of sp³-hybridized carbons (Fsp3) is 0.350. The zero-order valence-corrected chi connectivity index (χ0v) is 17.3. The van der Waals surface area contributed by atoms with E-state index in [9.17, 15) is 18.0 Å². The molecule has 1 amide bonds. The number of halogens is 3. The van der Waals surface area contributed by atoms with Crippen molar-refractivity contribution >= 4 is 28.3 Å². The van der Waals surface area contributed by atoms with E-state index >= 15 is 0 Å². The summed E-state index contributed by atoms with van der Waals surface area (Å²) < 4.78 is 46.3. The Bertz CT molecular complexity index is 1110. The van der Waals surface area contributed by atoms with Gasteiger partial charge in [-0.2, -0.15) is 13.2 Å². The molecule has 0 radical (unpaired) electrons. The minimum Gasteiger partial charge on any atom is -0.466 e. The van der Waals surface area contributed by atoms with E-state index < -0.39 is 24.3 Å². The maximum atomic E-state index is 13.1. The number of aromatic nitrogens is 3. The molecule has 1 N–H and O–H groups in total. The molecule has 0 unspecified atom stereocenters. The molecule has 0 saturated heterocycles. The zero-order valence-electron chi connectivity index (χ0n) is 17.3. The molecular formula is C20H22F3N5O2. The van der Waals surface area contributed by atoms with Crippen molar-refractivity contribution in [1.82, 2.24) is 14.8 Å². The lowest BCUT2D eigenvalue weighted by Crippen LogP contribution is -2.23. The van der Waals surface area contributed by atoms with E-state index in [4.69, 9.17) is 4.74 Å². The van der Waals surface area contributed by atoms with Gasteiger partial charge >= 0.3 is 6.18 Å². The largest absolute Gasteiger partial charge is 0.466 e. The molecule has 0 bridgehead atoms. The van der Waals surface area contributed by atoms with E-state index in [-0.39, 0.29) is 11.6 Å². The van der Waals surface area contributed by atoms with E-state index in [0.717, 1.165) is 23.4 Å². The molecule has 0 fully saturated rings. The zero-order chi connectivity index (χ0) is 22.2. The molecule has 0 atom stereocenters. The van der Waals surface area contributed by atoms with E-state index in [1.165, 1.54) is 6.07 Å². The summed E-state index contributed by atoms with van der Waals surface area (Å²) in [5.41, 5.74) is 1.98. The first-order valence-corrected chi connectivity index (χ1v) is 9.09. The Labute approximate surface area is 171 Å². The molecule has 0 aliphatic rings. The van der Waals surface area contributed by atoms with Crippen LogP contribution in [0.5, 0.6) is 5.88 Å². The highest BCUT2D eigenvalue weighted by atomic mass is 19.4. The van der Waals surface area contributed by atoms with Gasteiger partial charge in [0.05, 0.1) is 22.3 Å². The van der Waals surface area contributed by atoms with E-state index in [2.05, 4.69) is 15.4 Å². The Kier molecular flexibility index (Phi) is 5.60. The average molecular weight is 421 g/mol. The van der Waals surface area contributed by atoms with Crippen LogP contribution in [0.4, 0.5) is 24.5 Å². The summed E-state index contributed by atoms with van der Waals surface area (Å²) in [6.45, 7) is 3.34. The van der Waals surface area contributed by atoms with Crippen LogP contribution < -0.4 is 15.0 Å². The molecule has 160 valence electrons. The summed E-state index contributed by atoms with van der Waals surface area (Å²) in [5.74, 6) is -0.363. The van der Waals surface area contributed by atoms with Crippen molar-refractivity contribution < 1.29 is 22.7 Å². The lowest BCUT2D eigenvalue weighted by atomic mass is 10.1. The number of carbonyl (C=O) groups is 1. The number of hydrogen-bond acceptors (Lipinski definition) is 5. The van der Waals surface area contributed by atoms with Gasteiger partial charge in [0.2, 0.25) is 5.88 Å². The van der Waals surface area contributed by atoms with Gasteiger partial charge in [0.15, 0.2) is 12.3 Å². The van der Waals surface area contributed by atoms with Crippen molar-refractivity contribution in [2.45, 2.75) is 20.0 Å². The number of pyridine rings is 1. The number of nitrogens with zero attached hydrogens (tertiary/aromatic N) is 4. The van der Waals surface area contributed by atoms with Gasteiger partial charge in [0.25, 0.3) is 5.91 Å². The number of ether oxygens (including phenoxy) is 1. The molecule has 1 aromatic carbocycles. The second kappa shape index (κ2) is 7.85. The smallest absolute Gasteiger partial charge is 0.416 e. The van der Waals surface area contributed by atoms with Gasteiger partial charge in [-0.05, 0) is 43.7 Å². The minimum atomic E-state index is -4.52. The van der Waals surface area contributed by atoms with Crippen LogP contribution in [0, 0.1) is 13.8 Å². The van der Waals surface area contributed by atoms with Crippen LogP contribution in [-0.4, -0.2) is 41.4 Å². The molecular weight excluding hydrogens is 399 g/mol. The molecule has 30 heavy (non-hydrogen) atoms. The molecule has 0 aliphatic heterocycles. The molecule has 0 spiro atoms. The van der Waals surface area contributed by atoms with Gasteiger partial charge in [-0.3, -0.25) is 4.79 Å². The highest BCUT2D eigenvalue weighted by Gasteiger charge is 2.31. The predicted octanol–water partition coefficient (Wildman–Crippen LogP) is 3.69. The van der Waals surface area contributed by atoms with Crippen LogP contribution in [0.3, 0.4) is 0 Å². The van der Waals surface area contributed by atoms with Gasteiger partial charge in [-0.1, -0.05) is 0 Å². The summed E-state index contributed by atoms with van der Waals surface area (Å²) in [6.07, 6.45) is -4.52. The van der Waals surface area contributed by atoms with Crippen molar-refractivity contribution in [2.75, 3.05) is 30.9 Å². The number of anilines is 2. The van der Waals surface area contributed by atoms with Crippen LogP contribution in [0.2, 0.25) is 0 Å². The van der Waals surface area contributed by atoms with Gasteiger partial charge in [-0.25, -0.2) is 9.67 Å². The molecule has 3 rings (SSSR count). The fourth-order valence-electron chi connectivity index (χ4n) is 3.17. The number of amides is 1. The summed E-state index contributed by atoms with van der Waals surface area (Å²) >= 11 is 0. The van der Waals surface area contributed by atoms with Crippen LogP contribution in [-0.2, 0) is 18.0 Å². The molecule has 2 aromatic heterocycles. The predicted molar refractivity (Wildman–Crippen MR) is 108 cm³/mol. The third kappa shape index (κ3) is 4.32. The van der Waals surface area contributed by atoms with Crippen molar-refractivity contribution in [3.05, 3.63) is 41.1 Å². The normalized spacial score (nSPS) is 11.6. The average Bonchev–Trinajstić information content (AvgIpc) is 2.95. The van der Waals surface area contributed by atoms with Gasteiger partial charge in [0, 0.05) is 26.8 Å². The SMILES string of the molecule is Cc1cc(C)c2c(OCC(=O)Nc3cc(C(F)(F)F)ccc3N(C)C)nn(C)c2n1. The topological polar surface area (TPSA) is 72.3 Å². The second-order valence-electron chi connectivity index (χ2n) is 7.17. The number of fused-ring (bicyclic) bond motifs is 1. The Balaban J connectivity index is 1.81.